The third-order valence-electron chi connectivity index (χ3n) is 4.13. The minimum Gasteiger partial charge on any atom is -0.494 e. The number of amides is 1. The van der Waals surface area contributed by atoms with Crippen molar-refractivity contribution >= 4 is 27.1 Å². The summed E-state index contributed by atoms with van der Waals surface area (Å²) in [7, 11) is -3.21. The summed E-state index contributed by atoms with van der Waals surface area (Å²) in [6.07, 6.45) is 2.07. The molecular formula is C21H22N2O4S2. The van der Waals surface area contributed by atoms with Crippen LogP contribution >= 0.6 is 11.3 Å². The molecule has 0 bridgehead atoms. The zero-order valence-electron chi connectivity index (χ0n) is 16.0. The first kappa shape index (κ1) is 21.0. The van der Waals surface area contributed by atoms with E-state index < -0.39 is 9.84 Å². The third-order valence-corrected chi connectivity index (χ3v) is 6.10. The number of hydrogen-bond donors (Lipinski definition) is 1. The molecule has 152 valence electrons. The number of nitrogens with zero attached hydrogens (tertiary/aromatic N) is 1. The first-order chi connectivity index (χ1) is 13.9. The SMILES string of the molecule is CS(=O)(=O)c1ccc(OCCCC(=O)NCc2nc(-c3ccccc3)cs2)cc1. The van der Waals surface area contributed by atoms with E-state index in [2.05, 4.69) is 10.3 Å². The van der Waals surface area contributed by atoms with E-state index in [1.54, 1.807) is 12.1 Å². The van der Waals surface area contributed by atoms with Gasteiger partial charge in [0.1, 0.15) is 10.8 Å². The number of carbonyl (C=O) groups excluding carboxylic acids is 1. The van der Waals surface area contributed by atoms with Gasteiger partial charge in [-0.25, -0.2) is 13.4 Å². The van der Waals surface area contributed by atoms with Crippen LogP contribution in [0, 0.1) is 0 Å². The highest BCUT2D eigenvalue weighted by Gasteiger charge is 2.08. The molecule has 0 radical (unpaired) electrons. The zero-order chi connectivity index (χ0) is 20.7. The number of benzene rings is 2. The second kappa shape index (κ2) is 9.67. The topological polar surface area (TPSA) is 85.4 Å². The molecule has 3 rings (SSSR count). The maximum Gasteiger partial charge on any atom is 0.220 e. The second-order valence-electron chi connectivity index (χ2n) is 6.46. The molecule has 0 saturated carbocycles. The van der Waals surface area contributed by atoms with E-state index in [1.165, 1.54) is 23.5 Å². The summed E-state index contributed by atoms with van der Waals surface area (Å²) >= 11 is 1.52. The Morgan fingerprint density at radius 3 is 2.52 bits per heavy atom. The fraction of sp³-hybridized carbons (Fsp3) is 0.238. The molecule has 0 atom stereocenters. The number of rotatable bonds is 9. The predicted octanol–water partition coefficient (Wildman–Crippen LogP) is 3.69. The Labute approximate surface area is 174 Å². The molecule has 0 saturated heterocycles. The van der Waals surface area contributed by atoms with Gasteiger partial charge >= 0.3 is 0 Å². The largest absolute Gasteiger partial charge is 0.494 e. The van der Waals surface area contributed by atoms with Crippen molar-refractivity contribution in [2.45, 2.75) is 24.3 Å². The Kier molecular flexibility index (Phi) is 7.00. The maximum absolute atomic E-state index is 12.0. The smallest absolute Gasteiger partial charge is 0.220 e. The van der Waals surface area contributed by atoms with E-state index >= 15 is 0 Å². The minimum absolute atomic E-state index is 0.0579. The van der Waals surface area contributed by atoms with Crippen molar-refractivity contribution in [2.75, 3.05) is 12.9 Å². The Morgan fingerprint density at radius 2 is 1.83 bits per heavy atom. The van der Waals surface area contributed by atoms with E-state index in [1.807, 2.05) is 35.7 Å². The predicted molar refractivity (Wildman–Crippen MR) is 114 cm³/mol. The molecule has 0 unspecified atom stereocenters. The number of nitrogens with one attached hydrogen (secondary N) is 1. The van der Waals surface area contributed by atoms with E-state index in [-0.39, 0.29) is 10.8 Å². The average molecular weight is 431 g/mol. The fourth-order valence-corrected chi connectivity index (χ4v) is 3.98. The molecule has 1 N–H and O–H groups in total. The molecule has 1 aromatic heterocycles. The number of ether oxygens (including phenoxy) is 1. The van der Waals surface area contributed by atoms with Crippen molar-refractivity contribution in [3.05, 3.63) is 65.0 Å². The van der Waals surface area contributed by atoms with Gasteiger partial charge in [-0.3, -0.25) is 4.79 Å². The van der Waals surface area contributed by atoms with Crippen molar-refractivity contribution in [1.29, 1.82) is 0 Å². The minimum atomic E-state index is -3.21. The van der Waals surface area contributed by atoms with Crippen molar-refractivity contribution in [3.63, 3.8) is 0 Å². The van der Waals surface area contributed by atoms with Gasteiger partial charge in [0, 0.05) is 23.6 Å². The third kappa shape index (κ3) is 6.40. The molecular weight excluding hydrogens is 408 g/mol. The highest BCUT2D eigenvalue weighted by atomic mass is 32.2. The Morgan fingerprint density at radius 1 is 1.10 bits per heavy atom. The normalized spacial score (nSPS) is 11.2. The van der Waals surface area contributed by atoms with Gasteiger partial charge in [-0.15, -0.1) is 11.3 Å². The molecule has 0 aliphatic carbocycles. The maximum atomic E-state index is 12.0. The molecule has 1 amide bonds. The summed E-state index contributed by atoms with van der Waals surface area (Å²) in [5, 5.41) is 5.72. The van der Waals surface area contributed by atoms with E-state index in [0.717, 1.165) is 22.5 Å². The lowest BCUT2D eigenvalue weighted by Crippen LogP contribution is -2.22. The first-order valence-corrected chi connectivity index (χ1v) is 11.9. The van der Waals surface area contributed by atoms with Gasteiger partial charge in [0.05, 0.1) is 23.7 Å². The highest BCUT2D eigenvalue weighted by molar-refractivity contribution is 7.90. The molecule has 0 fully saturated rings. The lowest BCUT2D eigenvalue weighted by molar-refractivity contribution is -0.121. The summed E-state index contributed by atoms with van der Waals surface area (Å²) in [4.78, 5) is 16.8. The summed E-state index contributed by atoms with van der Waals surface area (Å²) in [5.41, 5.74) is 1.97. The molecule has 0 spiro atoms. The molecule has 2 aromatic carbocycles. The lowest BCUT2D eigenvalue weighted by atomic mass is 10.2. The van der Waals surface area contributed by atoms with Crippen molar-refractivity contribution in [3.8, 4) is 17.0 Å². The molecule has 29 heavy (non-hydrogen) atoms. The Hall–Kier alpha value is -2.71. The standard InChI is InChI=1S/C21H22N2O4S2/c1-29(25,26)18-11-9-17(10-12-18)27-13-5-8-20(24)22-14-21-23-19(15-28-21)16-6-3-2-4-7-16/h2-4,6-7,9-12,15H,5,8,13-14H2,1H3,(H,22,24). The van der Waals surface area contributed by atoms with Crippen LogP contribution in [0.1, 0.15) is 17.8 Å². The molecule has 6 nitrogen and oxygen atoms in total. The average Bonchev–Trinajstić information content (AvgIpc) is 3.19. The van der Waals surface area contributed by atoms with Crippen LogP contribution in [-0.2, 0) is 21.2 Å². The van der Waals surface area contributed by atoms with Crippen molar-refractivity contribution in [2.24, 2.45) is 0 Å². The molecule has 1 heterocycles. The van der Waals surface area contributed by atoms with Crippen LogP contribution in [0.15, 0.2) is 64.9 Å². The molecule has 0 aliphatic heterocycles. The molecule has 3 aromatic rings. The lowest BCUT2D eigenvalue weighted by Gasteiger charge is -2.07. The van der Waals surface area contributed by atoms with E-state index in [4.69, 9.17) is 4.74 Å². The van der Waals surface area contributed by atoms with Crippen LogP contribution in [0.2, 0.25) is 0 Å². The monoisotopic (exact) mass is 430 g/mol. The van der Waals surface area contributed by atoms with Crippen molar-refractivity contribution in [1.82, 2.24) is 10.3 Å². The number of thiazole rings is 1. The van der Waals surface area contributed by atoms with Gasteiger partial charge in [-0.1, -0.05) is 30.3 Å². The van der Waals surface area contributed by atoms with Gasteiger partial charge in [0.2, 0.25) is 5.91 Å². The van der Waals surface area contributed by atoms with Crippen LogP contribution in [-0.4, -0.2) is 32.2 Å². The van der Waals surface area contributed by atoms with Crippen LogP contribution in [0.4, 0.5) is 0 Å². The summed E-state index contributed by atoms with van der Waals surface area (Å²) in [6, 6.07) is 16.2. The second-order valence-corrected chi connectivity index (χ2v) is 9.42. The quantitative estimate of drug-likeness (QED) is 0.523. The highest BCUT2D eigenvalue weighted by Crippen LogP contribution is 2.21. The number of carbonyl (C=O) groups is 1. The van der Waals surface area contributed by atoms with E-state index in [9.17, 15) is 13.2 Å². The number of sulfone groups is 1. The fourth-order valence-electron chi connectivity index (χ4n) is 2.60. The van der Waals surface area contributed by atoms with Gasteiger partial charge in [-0.05, 0) is 30.7 Å². The summed E-state index contributed by atoms with van der Waals surface area (Å²) in [5.74, 6) is 0.520. The summed E-state index contributed by atoms with van der Waals surface area (Å²) in [6.45, 7) is 0.783. The summed E-state index contributed by atoms with van der Waals surface area (Å²) < 4.78 is 28.4. The van der Waals surface area contributed by atoms with Crippen LogP contribution < -0.4 is 10.1 Å². The number of hydrogen-bond acceptors (Lipinski definition) is 6. The van der Waals surface area contributed by atoms with Gasteiger partial charge in [0.25, 0.3) is 0 Å². The molecule has 8 heteroatoms. The Balaban J connectivity index is 1.37. The molecule has 0 aliphatic rings. The van der Waals surface area contributed by atoms with Gasteiger partial charge < -0.3 is 10.1 Å². The van der Waals surface area contributed by atoms with Gasteiger partial charge in [0.15, 0.2) is 9.84 Å². The van der Waals surface area contributed by atoms with Crippen LogP contribution in [0.5, 0.6) is 5.75 Å². The van der Waals surface area contributed by atoms with E-state index in [0.29, 0.717) is 31.7 Å². The zero-order valence-corrected chi connectivity index (χ0v) is 17.6. The van der Waals surface area contributed by atoms with Gasteiger partial charge in [-0.2, -0.15) is 0 Å². The Bertz CT molecular complexity index is 1050. The number of aromatic nitrogens is 1. The van der Waals surface area contributed by atoms with Crippen LogP contribution in [0.3, 0.4) is 0 Å². The first-order valence-electron chi connectivity index (χ1n) is 9.11. The van der Waals surface area contributed by atoms with Crippen LogP contribution in [0.25, 0.3) is 11.3 Å². The van der Waals surface area contributed by atoms with Crippen molar-refractivity contribution < 1.29 is 17.9 Å².